The molecule has 0 aliphatic carbocycles. The maximum absolute atomic E-state index is 9.49. The molecule has 0 heterocycles. The van der Waals surface area contributed by atoms with Gasteiger partial charge in [-0.2, -0.15) is 0 Å². The summed E-state index contributed by atoms with van der Waals surface area (Å²) in [6.07, 6.45) is 0. The van der Waals surface area contributed by atoms with Crippen LogP contribution in [0.5, 0.6) is 0 Å². The molecule has 0 saturated carbocycles. The molecule has 0 spiro atoms. The summed E-state index contributed by atoms with van der Waals surface area (Å²) in [6, 6.07) is 3.84. The van der Waals surface area contributed by atoms with Gasteiger partial charge in [0.2, 0.25) is 0 Å². The first kappa shape index (κ1) is 12.1. The lowest BCUT2D eigenvalue weighted by atomic mass is 10.0. The van der Waals surface area contributed by atoms with Gasteiger partial charge in [-0.25, -0.2) is 0 Å². The van der Waals surface area contributed by atoms with Gasteiger partial charge in [0.05, 0.1) is 0 Å². The van der Waals surface area contributed by atoms with Gasteiger partial charge in [0.1, 0.15) is 5.60 Å². The Hall–Kier alpha value is -0.970. The average molecular weight is 223 g/mol. The molecule has 0 aliphatic rings. The van der Waals surface area contributed by atoms with Gasteiger partial charge in [0, 0.05) is 10.6 Å². The van der Waals surface area contributed by atoms with E-state index in [0.29, 0.717) is 0 Å². The molecule has 0 amide bonds. The molecule has 0 aromatic heterocycles. The van der Waals surface area contributed by atoms with E-state index in [4.69, 9.17) is 11.6 Å². The van der Waals surface area contributed by atoms with Crippen molar-refractivity contribution in [3.63, 3.8) is 0 Å². The van der Waals surface area contributed by atoms with E-state index in [-0.39, 0.29) is 0 Å². The molecule has 15 heavy (non-hydrogen) atoms. The molecule has 1 rings (SSSR count). The summed E-state index contributed by atoms with van der Waals surface area (Å²) < 4.78 is 0. The zero-order valence-corrected chi connectivity index (χ0v) is 10.2. The molecule has 0 unspecified atom stereocenters. The van der Waals surface area contributed by atoms with Gasteiger partial charge >= 0.3 is 0 Å². The van der Waals surface area contributed by atoms with Crippen LogP contribution in [0.3, 0.4) is 0 Å². The van der Waals surface area contributed by atoms with Crippen molar-refractivity contribution in [2.24, 2.45) is 0 Å². The van der Waals surface area contributed by atoms with Crippen LogP contribution >= 0.6 is 11.6 Å². The smallest absolute Gasteiger partial charge is 0.120 e. The third-order valence-corrected chi connectivity index (χ3v) is 2.42. The van der Waals surface area contributed by atoms with Crippen LogP contribution in [0.4, 0.5) is 0 Å². The van der Waals surface area contributed by atoms with Crippen molar-refractivity contribution in [2.45, 2.75) is 33.3 Å². The van der Waals surface area contributed by atoms with Crippen LogP contribution in [-0.4, -0.2) is 10.7 Å². The van der Waals surface area contributed by atoms with Gasteiger partial charge in [-0.15, -0.1) is 0 Å². The fourth-order valence-electron chi connectivity index (χ4n) is 1.14. The van der Waals surface area contributed by atoms with E-state index in [1.807, 2.05) is 26.0 Å². The quantitative estimate of drug-likeness (QED) is 0.669. The van der Waals surface area contributed by atoms with Crippen LogP contribution in [-0.2, 0) is 0 Å². The summed E-state index contributed by atoms with van der Waals surface area (Å²) in [5.41, 5.74) is 1.99. The number of rotatable bonds is 0. The Morgan fingerprint density at radius 2 is 1.80 bits per heavy atom. The van der Waals surface area contributed by atoms with Gasteiger partial charge in [-0.05, 0) is 51.0 Å². The van der Waals surface area contributed by atoms with E-state index in [1.165, 1.54) is 0 Å². The van der Waals surface area contributed by atoms with Crippen LogP contribution in [0.25, 0.3) is 0 Å². The van der Waals surface area contributed by atoms with E-state index in [2.05, 4.69) is 11.8 Å². The molecular formula is C13H15ClO. The van der Waals surface area contributed by atoms with Crippen molar-refractivity contribution in [1.82, 2.24) is 0 Å². The number of aryl methyl sites for hydroxylation is 2. The zero-order valence-electron chi connectivity index (χ0n) is 9.48. The molecule has 80 valence electrons. The van der Waals surface area contributed by atoms with E-state index < -0.39 is 5.60 Å². The molecule has 2 heteroatoms. The number of hydrogen-bond acceptors (Lipinski definition) is 1. The molecule has 0 atom stereocenters. The molecule has 1 aromatic rings. The fraction of sp³-hybridized carbons (Fsp3) is 0.385. The van der Waals surface area contributed by atoms with Crippen molar-refractivity contribution in [3.8, 4) is 11.8 Å². The van der Waals surface area contributed by atoms with Crippen LogP contribution in [0.1, 0.15) is 30.5 Å². The van der Waals surface area contributed by atoms with Crippen molar-refractivity contribution in [1.29, 1.82) is 0 Å². The van der Waals surface area contributed by atoms with E-state index >= 15 is 0 Å². The second kappa shape index (κ2) is 4.26. The Balaban J connectivity index is 3.15. The second-order valence-electron chi connectivity index (χ2n) is 4.23. The van der Waals surface area contributed by atoms with Gasteiger partial charge in [0.25, 0.3) is 0 Å². The lowest BCUT2D eigenvalue weighted by Crippen LogP contribution is -2.14. The molecule has 0 radical (unpaired) electrons. The zero-order chi connectivity index (χ0) is 11.6. The summed E-state index contributed by atoms with van der Waals surface area (Å²) in [7, 11) is 0. The Morgan fingerprint density at radius 1 is 1.20 bits per heavy atom. The summed E-state index contributed by atoms with van der Waals surface area (Å²) in [5.74, 6) is 5.75. The van der Waals surface area contributed by atoms with Crippen LogP contribution in [0.15, 0.2) is 12.1 Å². The largest absolute Gasteiger partial charge is 0.378 e. The van der Waals surface area contributed by atoms with E-state index in [9.17, 15) is 5.11 Å². The number of aliphatic hydroxyl groups is 1. The standard InChI is InChI=1S/C13H15ClO/c1-9-8-12(14)10(2)7-11(9)5-6-13(3,4)15/h7-8,15H,1-4H3. The first-order valence-electron chi connectivity index (χ1n) is 4.82. The molecule has 1 nitrogen and oxygen atoms in total. The highest BCUT2D eigenvalue weighted by molar-refractivity contribution is 6.31. The SMILES string of the molecule is Cc1cc(C#CC(C)(C)O)c(C)cc1Cl. The highest BCUT2D eigenvalue weighted by Gasteiger charge is 2.06. The Bertz CT molecular complexity index is 430. The minimum atomic E-state index is -0.958. The first-order chi connectivity index (χ1) is 6.79. The number of benzene rings is 1. The summed E-state index contributed by atoms with van der Waals surface area (Å²) >= 11 is 5.98. The lowest BCUT2D eigenvalue weighted by molar-refractivity contribution is 0.143. The predicted molar refractivity (Wildman–Crippen MR) is 64.1 cm³/mol. The third kappa shape index (κ3) is 3.58. The van der Waals surface area contributed by atoms with Crippen molar-refractivity contribution >= 4 is 11.6 Å². The molecular weight excluding hydrogens is 208 g/mol. The van der Waals surface area contributed by atoms with Gasteiger partial charge in [-0.1, -0.05) is 23.4 Å². The Morgan fingerprint density at radius 3 is 2.33 bits per heavy atom. The van der Waals surface area contributed by atoms with Crippen molar-refractivity contribution in [3.05, 3.63) is 33.8 Å². The molecule has 0 saturated heterocycles. The minimum absolute atomic E-state index is 0.751. The van der Waals surface area contributed by atoms with Crippen LogP contribution < -0.4 is 0 Å². The summed E-state index contributed by atoms with van der Waals surface area (Å²) in [6.45, 7) is 7.23. The minimum Gasteiger partial charge on any atom is -0.378 e. The van der Waals surface area contributed by atoms with Crippen LogP contribution in [0, 0.1) is 25.7 Å². The predicted octanol–water partition coefficient (Wildman–Crippen LogP) is 3.08. The van der Waals surface area contributed by atoms with Crippen molar-refractivity contribution in [2.75, 3.05) is 0 Å². The number of halogens is 1. The maximum Gasteiger partial charge on any atom is 0.120 e. The fourth-order valence-corrected chi connectivity index (χ4v) is 1.35. The van der Waals surface area contributed by atoms with E-state index in [0.717, 1.165) is 21.7 Å². The lowest BCUT2D eigenvalue weighted by Gasteiger charge is -2.07. The second-order valence-corrected chi connectivity index (χ2v) is 4.63. The monoisotopic (exact) mass is 222 g/mol. The molecule has 0 fully saturated rings. The molecule has 0 bridgehead atoms. The summed E-state index contributed by atoms with van der Waals surface area (Å²) in [4.78, 5) is 0. The first-order valence-corrected chi connectivity index (χ1v) is 5.20. The number of hydrogen-bond donors (Lipinski definition) is 1. The Labute approximate surface area is 96.1 Å². The maximum atomic E-state index is 9.49. The highest BCUT2D eigenvalue weighted by atomic mass is 35.5. The van der Waals surface area contributed by atoms with Crippen molar-refractivity contribution < 1.29 is 5.11 Å². The Kier molecular flexibility index (Phi) is 3.44. The summed E-state index contributed by atoms with van der Waals surface area (Å²) in [5, 5.41) is 10.2. The van der Waals surface area contributed by atoms with Crippen LogP contribution in [0.2, 0.25) is 5.02 Å². The van der Waals surface area contributed by atoms with Gasteiger partial charge in [0.15, 0.2) is 0 Å². The molecule has 0 aliphatic heterocycles. The normalized spacial score (nSPS) is 10.8. The van der Waals surface area contributed by atoms with E-state index in [1.54, 1.807) is 13.8 Å². The van der Waals surface area contributed by atoms with Gasteiger partial charge < -0.3 is 5.11 Å². The molecule has 1 aromatic carbocycles. The highest BCUT2D eigenvalue weighted by Crippen LogP contribution is 2.19. The third-order valence-electron chi connectivity index (χ3n) is 2.01. The average Bonchev–Trinajstić information content (AvgIpc) is 2.07. The topological polar surface area (TPSA) is 20.2 Å². The van der Waals surface area contributed by atoms with Gasteiger partial charge in [-0.3, -0.25) is 0 Å². The molecule has 1 N–H and O–H groups in total.